The average molecular weight is 288 g/mol. The lowest BCUT2D eigenvalue weighted by atomic mass is 10.1. The number of amides is 2. The molecule has 6 nitrogen and oxygen atoms in total. The van der Waals surface area contributed by atoms with Crippen LogP contribution in [0.15, 0.2) is 36.5 Å². The molecule has 0 fully saturated rings. The number of urea groups is 1. The van der Waals surface area contributed by atoms with E-state index in [0.29, 0.717) is 25.5 Å². The summed E-state index contributed by atoms with van der Waals surface area (Å²) in [5.41, 5.74) is 2.26. The van der Waals surface area contributed by atoms with Crippen LogP contribution in [0.4, 0.5) is 10.6 Å². The van der Waals surface area contributed by atoms with E-state index in [-0.39, 0.29) is 6.03 Å². The Kier molecular flexibility index (Phi) is 5.34. The third kappa shape index (κ3) is 4.92. The van der Waals surface area contributed by atoms with Gasteiger partial charge in [-0.1, -0.05) is 29.8 Å². The van der Waals surface area contributed by atoms with Crippen molar-refractivity contribution in [2.45, 2.75) is 20.0 Å². The molecular weight excluding hydrogens is 268 g/mol. The summed E-state index contributed by atoms with van der Waals surface area (Å²) in [5, 5.41) is 9.71. The molecule has 0 saturated carbocycles. The Hall–Kier alpha value is -2.34. The number of rotatable bonds is 6. The van der Waals surface area contributed by atoms with Gasteiger partial charge >= 0.3 is 6.03 Å². The molecule has 1 heterocycles. The van der Waals surface area contributed by atoms with Gasteiger partial charge in [0.25, 0.3) is 0 Å². The van der Waals surface area contributed by atoms with Gasteiger partial charge in [0.15, 0.2) is 5.82 Å². The number of carbonyl (C=O) groups excluding carboxylic acids is 1. The smallest absolute Gasteiger partial charge is 0.320 e. The highest BCUT2D eigenvalue weighted by atomic mass is 16.5. The Balaban J connectivity index is 1.78. The second-order valence-corrected chi connectivity index (χ2v) is 4.75. The van der Waals surface area contributed by atoms with E-state index in [2.05, 4.69) is 15.7 Å². The largest absolute Gasteiger partial charge is 0.383 e. The van der Waals surface area contributed by atoms with Crippen molar-refractivity contribution >= 4 is 11.8 Å². The molecule has 6 heteroatoms. The van der Waals surface area contributed by atoms with Crippen LogP contribution in [0.5, 0.6) is 0 Å². The standard InChI is InChI=1S/C15H20N4O2/c1-12-3-5-13(6-4-12)11-16-15(20)17-14-7-8-19(18-14)9-10-21-2/h3-8H,9-11H2,1-2H3,(H2,16,17,18,20). The number of anilines is 1. The fourth-order valence-electron chi connectivity index (χ4n) is 1.79. The summed E-state index contributed by atoms with van der Waals surface area (Å²) in [4.78, 5) is 11.8. The van der Waals surface area contributed by atoms with E-state index in [0.717, 1.165) is 5.56 Å². The second-order valence-electron chi connectivity index (χ2n) is 4.75. The van der Waals surface area contributed by atoms with Crippen LogP contribution in [0.2, 0.25) is 0 Å². The lowest BCUT2D eigenvalue weighted by Gasteiger charge is -2.06. The van der Waals surface area contributed by atoms with E-state index in [1.54, 1.807) is 24.1 Å². The van der Waals surface area contributed by atoms with E-state index in [9.17, 15) is 4.79 Å². The minimum absolute atomic E-state index is 0.271. The van der Waals surface area contributed by atoms with Crippen molar-refractivity contribution in [1.82, 2.24) is 15.1 Å². The van der Waals surface area contributed by atoms with Crippen LogP contribution in [0.3, 0.4) is 0 Å². The third-order valence-electron chi connectivity index (χ3n) is 2.98. The number of benzene rings is 1. The highest BCUT2D eigenvalue weighted by Crippen LogP contribution is 2.04. The number of nitrogens with zero attached hydrogens (tertiary/aromatic N) is 2. The Bertz CT molecular complexity index is 578. The van der Waals surface area contributed by atoms with Gasteiger partial charge < -0.3 is 10.1 Å². The normalized spacial score (nSPS) is 10.4. The maximum absolute atomic E-state index is 11.8. The molecule has 1 aromatic carbocycles. The first-order chi connectivity index (χ1) is 10.2. The first kappa shape index (κ1) is 15.1. The van der Waals surface area contributed by atoms with Gasteiger partial charge in [-0.2, -0.15) is 5.10 Å². The molecule has 0 unspecified atom stereocenters. The molecule has 21 heavy (non-hydrogen) atoms. The fourth-order valence-corrected chi connectivity index (χ4v) is 1.79. The second kappa shape index (κ2) is 7.44. The van der Waals surface area contributed by atoms with Crippen LogP contribution < -0.4 is 10.6 Å². The molecule has 0 aliphatic heterocycles. The molecule has 2 rings (SSSR count). The molecule has 2 amide bonds. The van der Waals surface area contributed by atoms with Crippen LogP contribution in [-0.2, 0) is 17.8 Å². The van der Waals surface area contributed by atoms with Gasteiger partial charge in [0.1, 0.15) is 0 Å². The van der Waals surface area contributed by atoms with Gasteiger partial charge in [0.05, 0.1) is 13.2 Å². The van der Waals surface area contributed by atoms with Crippen molar-refractivity contribution in [1.29, 1.82) is 0 Å². The molecule has 0 bridgehead atoms. The highest BCUT2D eigenvalue weighted by molar-refractivity contribution is 5.88. The topological polar surface area (TPSA) is 68.2 Å². The van der Waals surface area contributed by atoms with Gasteiger partial charge in [-0.25, -0.2) is 4.79 Å². The zero-order chi connectivity index (χ0) is 15.1. The molecule has 0 atom stereocenters. The lowest BCUT2D eigenvalue weighted by Crippen LogP contribution is -2.28. The number of hydrogen-bond donors (Lipinski definition) is 2. The van der Waals surface area contributed by atoms with E-state index in [1.165, 1.54) is 5.56 Å². The summed E-state index contributed by atoms with van der Waals surface area (Å²) in [6.45, 7) is 3.75. The first-order valence-corrected chi connectivity index (χ1v) is 6.80. The maximum atomic E-state index is 11.8. The molecule has 112 valence electrons. The van der Waals surface area contributed by atoms with E-state index >= 15 is 0 Å². The molecule has 0 saturated heterocycles. The number of carbonyl (C=O) groups is 1. The lowest BCUT2D eigenvalue weighted by molar-refractivity contribution is 0.183. The Morgan fingerprint density at radius 3 is 2.76 bits per heavy atom. The summed E-state index contributed by atoms with van der Waals surface area (Å²) >= 11 is 0. The quantitative estimate of drug-likeness (QED) is 0.856. The molecule has 1 aromatic heterocycles. The minimum Gasteiger partial charge on any atom is -0.383 e. The van der Waals surface area contributed by atoms with Crippen LogP contribution in [-0.4, -0.2) is 29.5 Å². The monoisotopic (exact) mass is 288 g/mol. The Labute approximate surface area is 124 Å². The average Bonchev–Trinajstić information content (AvgIpc) is 2.92. The molecule has 0 radical (unpaired) electrons. The molecule has 0 aliphatic rings. The predicted octanol–water partition coefficient (Wildman–Crippen LogP) is 2.16. The number of aromatic nitrogens is 2. The number of ether oxygens (including phenoxy) is 1. The highest BCUT2D eigenvalue weighted by Gasteiger charge is 2.04. The SMILES string of the molecule is COCCn1ccc(NC(=O)NCc2ccc(C)cc2)n1. The van der Waals surface area contributed by atoms with Crippen molar-refractivity contribution in [3.8, 4) is 0 Å². The van der Waals surface area contributed by atoms with Crippen molar-refractivity contribution < 1.29 is 9.53 Å². The third-order valence-corrected chi connectivity index (χ3v) is 2.98. The van der Waals surface area contributed by atoms with Gasteiger partial charge in [-0.05, 0) is 12.5 Å². The minimum atomic E-state index is -0.271. The summed E-state index contributed by atoms with van der Waals surface area (Å²) in [7, 11) is 1.64. The molecule has 0 spiro atoms. The Morgan fingerprint density at radius 1 is 1.29 bits per heavy atom. The van der Waals surface area contributed by atoms with Gasteiger partial charge in [-0.15, -0.1) is 0 Å². The molecule has 2 N–H and O–H groups in total. The van der Waals surface area contributed by atoms with E-state index in [1.807, 2.05) is 31.2 Å². The summed E-state index contributed by atoms with van der Waals surface area (Å²) in [6, 6.07) is 9.51. The molecule has 2 aromatic rings. The van der Waals surface area contributed by atoms with Crippen LogP contribution in [0.1, 0.15) is 11.1 Å². The van der Waals surface area contributed by atoms with Gasteiger partial charge in [0, 0.05) is 25.9 Å². The van der Waals surface area contributed by atoms with Crippen LogP contribution >= 0.6 is 0 Å². The van der Waals surface area contributed by atoms with Crippen molar-refractivity contribution in [3.63, 3.8) is 0 Å². The predicted molar refractivity (Wildman–Crippen MR) is 81.1 cm³/mol. The maximum Gasteiger partial charge on any atom is 0.320 e. The van der Waals surface area contributed by atoms with E-state index in [4.69, 9.17) is 4.74 Å². The van der Waals surface area contributed by atoms with Crippen LogP contribution in [0.25, 0.3) is 0 Å². The first-order valence-electron chi connectivity index (χ1n) is 6.80. The number of aryl methyl sites for hydroxylation is 1. The van der Waals surface area contributed by atoms with E-state index < -0.39 is 0 Å². The Morgan fingerprint density at radius 2 is 2.05 bits per heavy atom. The number of methoxy groups -OCH3 is 1. The zero-order valence-corrected chi connectivity index (χ0v) is 12.3. The number of hydrogen-bond acceptors (Lipinski definition) is 3. The van der Waals surface area contributed by atoms with Gasteiger partial charge in [-0.3, -0.25) is 10.00 Å². The van der Waals surface area contributed by atoms with Crippen molar-refractivity contribution in [3.05, 3.63) is 47.7 Å². The summed E-state index contributed by atoms with van der Waals surface area (Å²) < 4.78 is 6.69. The molecular formula is C15H20N4O2. The summed E-state index contributed by atoms with van der Waals surface area (Å²) in [6.07, 6.45) is 1.80. The van der Waals surface area contributed by atoms with Crippen molar-refractivity contribution in [2.75, 3.05) is 19.0 Å². The fraction of sp³-hybridized carbons (Fsp3) is 0.333. The molecule has 0 aliphatic carbocycles. The van der Waals surface area contributed by atoms with Crippen molar-refractivity contribution in [2.24, 2.45) is 0 Å². The summed E-state index contributed by atoms with van der Waals surface area (Å²) in [5.74, 6) is 0.521. The van der Waals surface area contributed by atoms with Gasteiger partial charge in [0.2, 0.25) is 0 Å². The zero-order valence-electron chi connectivity index (χ0n) is 12.3. The number of nitrogens with one attached hydrogen (secondary N) is 2. The van der Waals surface area contributed by atoms with Crippen LogP contribution in [0, 0.1) is 6.92 Å².